The normalized spacial score (nSPS) is 14.7. The standard InChI is InChI=1S/C21H26FN3O2/c1-27-20-8-4-18(5-9-20)21(26)25(15-14-24-12-10-23-11-13-24)16-17-2-6-19(22)7-3-17/h2-9,23H,10-16H2,1H3. The summed E-state index contributed by atoms with van der Waals surface area (Å²) in [7, 11) is 1.60. The second-order valence-electron chi connectivity index (χ2n) is 6.67. The number of amides is 1. The van der Waals surface area contributed by atoms with E-state index in [9.17, 15) is 9.18 Å². The van der Waals surface area contributed by atoms with E-state index >= 15 is 0 Å². The molecule has 2 aromatic carbocycles. The van der Waals surface area contributed by atoms with Gasteiger partial charge in [-0.2, -0.15) is 0 Å². The SMILES string of the molecule is COc1ccc(C(=O)N(CCN2CCNCC2)Cc2ccc(F)cc2)cc1. The van der Waals surface area contributed by atoms with E-state index in [2.05, 4.69) is 10.2 Å². The maximum absolute atomic E-state index is 13.2. The summed E-state index contributed by atoms with van der Waals surface area (Å²) in [4.78, 5) is 17.3. The number of rotatable bonds is 7. The molecular formula is C21H26FN3O2. The number of halogens is 1. The lowest BCUT2D eigenvalue weighted by Crippen LogP contribution is -2.47. The summed E-state index contributed by atoms with van der Waals surface area (Å²) >= 11 is 0. The highest BCUT2D eigenvalue weighted by Crippen LogP contribution is 2.15. The van der Waals surface area contributed by atoms with Crippen LogP contribution >= 0.6 is 0 Å². The topological polar surface area (TPSA) is 44.8 Å². The molecule has 0 saturated carbocycles. The Kier molecular flexibility index (Phi) is 6.79. The molecule has 0 aliphatic carbocycles. The molecule has 2 aromatic rings. The number of nitrogens with zero attached hydrogens (tertiary/aromatic N) is 2. The number of nitrogens with one attached hydrogen (secondary N) is 1. The molecule has 1 fully saturated rings. The van der Waals surface area contributed by atoms with Gasteiger partial charge in [0.1, 0.15) is 11.6 Å². The zero-order valence-corrected chi connectivity index (χ0v) is 15.7. The van der Waals surface area contributed by atoms with Crippen molar-refractivity contribution in [1.29, 1.82) is 0 Å². The molecule has 1 N–H and O–H groups in total. The molecule has 144 valence electrons. The summed E-state index contributed by atoms with van der Waals surface area (Å²) in [5.41, 5.74) is 1.54. The van der Waals surface area contributed by atoms with E-state index in [0.717, 1.165) is 44.0 Å². The van der Waals surface area contributed by atoms with Gasteiger partial charge < -0.3 is 15.0 Å². The van der Waals surface area contributed by atoms with Gasteiger partial charge in [0.05, 0.1) is 7.11 Å². The Morgan fingerprint density at radius 1 is 1.11 bits per heavy atom. The van der Waals surface area contributed by atoms with Crippen LogP contribution < -0.4 is 10.1 Å². The Labute approximate surface area is 159 Å². The van der Waals surface area contributed by atoms with Crippen LogP contribution in [0.4, 0.5) is 4.39 Å². The van der Waals surface area contributed by atoms with Crippen molar-refractivity contribution in [3.05, 3.63) is 65.5 Å². The molecule has 0 atom stereocenters. The predicted molar refractivity (Wildman–Crippen MR) is 103 cm³/mol. The van der Waals surface area contributed by atoms with Gasteiger partial charge in [0.2, 0.25) is 0 Å². The molecule has 0 unspecified atom stereocenters. The molecular weight excluding hydrogens is 345 g/mol. The fraction of sp³-hybridized carbons (Fsp3) is 0.381. The van der Waals surface area contributed by atoms with E-state index in [4.69, 9.17) is 4.74 Å². The average molecular weight is 371 g/mol. The van der Waals surface area contributed by atoms with Crippen molar-refractivity contribution in [2.24, 2.45) is 0 Å². The molecule has 1 saturated heterocycles. The third kappa shape index (κ3) is 5.52. The summed E-state index contributed by atoms with van der Waals surface area (Å²) in [5, 5.41) is 3.34. The van der Waals surface area contributed by atoms with Gasteiger partial charge in [0.25, 0.3) is 5.91 Å². The highest BCUT2D eigenvalue weighted by atomic mass is 19.1. The predicted octanol–water partition coefficient (Wildman–Crippen LogP) is 2.38. The fourth-order valence-electron chi connectivity index (χ4n) is 3.18. The third-order valence-electron chi connectivity index (χ3n) is 4.81. The van der Waals surface area contributed by atoms with Gasteiger partial charge in [0, 0.05) is 51.4 Å². The fourth-order valence-corrected chi connectivity index (χ4v) is 3.18. The number of ether oxygens (including phenoxy) is 1. The van der Waals surface area contributed by atoms with Crippen LogP contribution in [0.5, 0.6) is 5.75 Å². The summed E-state index contributed by atoms with van der Waals surface area (Å²) in [6.07, 6.45) is 0. The van der Waals surface area contributed by atoms with Gasteiger partial charge in [-0.15, -0.1) is 0 Å². The Hall–Kier alpha value is -2.44. The van der Waals surface area contributed by atoms with Crippen molar-refractivity contribution in [3.63, 3.8) is 0 Å². The van der Waals surface area contributed by atoms with E-state index in [0.29, 0.717) is 18.7 Å². The number of methoxy groups -OCH3 is 1. The molecule has 1 amide bonds. The van der Waals surface area contributed by atoms with Gasteiger partial charge in [-0.3, -0.25) is 9.69 Å². The first-order valence-electron chi connectivity index (χ1n) is 9.26. The van der Waals surface area contributed by atoms with Crippen LogP contribution in [-0.2, 0) is 6.54 Å². The van der Waals surface area contributed by atoms with Crippen LogP contribution in [0.25, 0.3) is 0 Å². The van der Waals surface area contributed by atoms with Crippen LogP contribution in [0.3, 0.4) is 0 Å². The average Bonchev–Trinajstić information content (AvgIpc) is 2.73. The monoisotopic (exact) mass is 371 g/mol. The van der Waals surface area contributed by atoms with E-state index in [1.54, 1.807) is 43.5 Å². The Bertz CT molecular complexity index is 728. The highest BCUT2D eigenvalue weighted by Gasteiger charge is 2.18. The van der Waals surface area contributed by atoms with E-state index in [1.165, 1.54) is 12.1 Å². The van der Waals surface area contributed by atoms with Crippen molar-refractivity contribution in [3.8, 4) is 5.75 Å². The zero-order chi connectivity index (χ0) is 19.1. The quantitative estimate of drug-likeness (QED) is 0.812. The molecule has 0 bridgehead atoms. The molecule has 1 aliphatic rings. The largest absolute Gasteiger partial charge is 0.497 e. The van der Waals surface area contributed by atoms with Crippen molar-refractivity contribution in [2.75, 3.05) is 46.4 Å². The van der Waals surface area contributed by atoms with Crippen LogP contribution in [0.2, 0.25) is 0 Å². The maximum Gasteiger partial charge on any atom is 0.254 e. The van der Waals surface area contributed by atoms with Gasteiger partial charge in [-0.05, 0) is 42.0 Å². The molecule has 6 heteroatoms. The number of carbonyl (C=O) groups excluding carboxylic acids is 1. The maximum atomic E-state index is 13.2. The minimum Gasteiger partial charge on any atom is -0.497 e. The summed E-state index contributed by atoms with van der Waals surface area (Å²) in [6, 6.07) is 13.5. The molecule has 27 heavy (non-hydrogen) atoms. The first-order valence-corrected chi connectivity index (χ1v) is 9.26. The summed E-state index contributed by atoms with van der Waals surface area (Å²) in [5.74, 6) is 0.419. The molecule has 0 spiro atoms. The van der Waals surface area contributed by atoms with Crippen molar-refractivity contribution < 1.29 is 13.9 Å². The van der Waals surface area contributed by atoms with Crippen LogP contribution in [0.15, 0.2) is 48.5 Å². The van der Waals surface area contributed by atoms with E-state index in [-0.39, 0.29) is 11.7 Å². The van der Waals surface area contributed by atoms with Gasteiger partial charge >= 0.3 is 0 Å². The lowest BCUT2D eigenvalue weighted by Gasteiger charge is -2.30. The molecule has 3 rings (SSSR count). The molecule has 0 radical (unpaired) electrons. The van der Waals surface area contributed by atoms with Gasteiger partial charge in [-0.25, -0.2) is 4.39 Å². The molecule has 5 nitrogen and oxygen atoms in total. The Morgan fingerprint density at radius 2 is 1.78 bits per heavy atom. The number of benzene rings is 2. The van der Waals surface area contributed by atoms with E-state index in [1.807, 2.05) is 4.90 Å². The number of piperazine rings is 1. The second-order valence-corrected chi connectivity index (χ2v) is 6.67. The number of hydrogen-bond donors (Lipinski definition) is 1. The van der Waals surface area contributed by atoms with E-state index < -0.39 is 0 Å². The van der Waals surface area contributed by atoms with Crippen LogP contribution in [0.1, 0.15) is 15.9 Å². The minimum absolute atomic E-state index is 0.0305. The molecule has 1 aliphatic heterocycles. The van der Waals surface area contributed by atoms with Crippen LogP contribution in [0, 0.1) is 5.82 Å². The second kappa shape index (κ2) is 9.48. The zero-order valence-electron chi connectivity index (χ0n) is 15.7. The lowest BCUT2D eigenvalue weighted by molar-refractivity contribution is 0.0718. The van der Waals surface area contributed by atoms with Gasteiger partial charge in [0.15, 0.2) is 0 Å². The third-order valence-corrected chi connectivity index (χ3v) is 4.81. The number of hydrogen-bond acceptors (Lipinski definition) is 4. The molecule has 0 aromatic heterocycles. The van der Waals surface area contributed by atoms with Gasteiger partial charge in [-0.1, -0.05) is 12.1 Å². The molecule has 1 heterocycles. The summed E-state index contributed by atoms with van der Waals surface area (Å²) in [6.45, 7) is 5.83. The smallest absolute Gasteiger partial charge is 0.254 e. The van der Waals surface area contributed by atoms with Crippen molar-refractivity contribution >= 4 is 5.91 Å². The van der Waals surface area contributed by atoms with Crippen molar-refractivity contribution in [2.45, 2.75) is 6.54 Å². The lowest BCUT2D eigenvalue weighted by atomic mass is 10.1. The Morgan fingerprint density at radius 3 is 2.41 bits per heavy atom. The van der Waals surface area contributed by atoms with Crippen LogP contribution in [-0.4, -0.2) is 62.1 Å². The minimum atomic E-state index is -0.271. The highest BCUT2D eigenvalue weighted by molar-refractivity contribution is 5.94. The Balaban J connectivity index is 1.72. The first-order chi connectivity index (χ1) is 13.2. The number of carbonyl (C=O) groups is 1. The first kappa shape index (κ1) is 19.3. The summed E-state index contributed by atoms with van der Waals surface area (Å²) < 4.78 is 18.4. The van der Waals surface area contributed by atoms with Crippen molar-refractivity contribution in [1.82, 2.24) is 15.1 Å².